The lowest BCUT2D eigenvalue weighted by Crippen LogP contribution is -2.36. The molecule has 0 atom stereocenters. The molecule has 8 heteroatoms. The topological polar surface area (TPSA) is 86.9 Å². The number of fused-ring (bicyclic) bond motifs is 1. The highest BCUT2D eigenvalue weighted by atomic mass is 16.4. The first-order valence-electron chi connectivity index (χ1n) is 12.0. The second-order valence-corrected chi connectivity index (χ2v) is 9.43. The molecule has 1 aliphatic rings. The number of piperidine rings is 1. The van der Waals surface area contributed by atoms with Crippen molar-refractivity contribution in [1.82, 2.24) is 9.38 Å². The van der Waals surface area contributed by atoms with Gasteiger partial charge in [0, 0.05) is 37.1 Å². The van der Waals surface area contributed by atoms with Crippen LogP contribution in [0.3, 0.4) is 0 Å². The summed E-state index contributed by atoms with van der Waals surface area (Å²) in [6.07, 6.45) is 5.76. The first-order chi connectivity index (χ1) is 16.7. The van der Waals surface area contributed by atoms with Gasteiger partial charge in [-0.15, -0.1) is 12.1 Å². The van der Waals surface area contributed by atoms with E-state index in [1.54, 1.807) is 28.7 Å². The molecule has 1 saturated heterocycles. The molecule has 1 fully saturated rings. The number of aryl methyl sites for hydroxylation is 1. The van der Waals surface area contributed by atoms with E-state index in [1.165, 1.54) is 0 Å². The van der Waals surface area contributed by atoms with Crippen LogP contribution in [0.4, 0.5) is 11.5 Å². The van der Waals surface area contributed by atoms with Gasteiger partial charge in [0.2, 0.25) is 0 Å². The average Bonchev–Trinajstić information content (AvgIpc) is 2.84. The van der Waals surface area contributed by atoms with Gasteiger partial charge in [0.25, 0.3) is 5.56 Å². The molecule has 0 saturated carbocycles. The van der Waals surface area contributed by atoms with Crippen LogP contribution in [0, 0.1) is 19.8 Å². The number of nitrogens with one attached hydrogen (secondary N) is 1. The van der Waals surface area contributed by atoms with Crippen molar-refractivity contribution in [3.63, 3.8) is 0 Å². The largest absolute Gasteiger partial charge is 0.478 e. The lowest BCUT2D eigenvalue weighted by Gasteiger charge is -2.33. The van der Waals surface area contributed by atoms with Crippen LogP contribution in [-0.2, 0) is 6.54 Å². The maximum Gasteiger partial charge on any atom is 0.337 e. The smallest absolute Gasteiger partial charge is 0.337 e. The summed E-state index contributed by atoms with van der Waals surface area (Å²) in [7, 11) is 5.74. The summed E-state index contributed by atoms with van der Waals surface area (Å²) in [5.41, 5.74) is 4.36. The second kappa shape index (κ2) is 10.4. The van der Waals surface area contributed by atoms with E-state index < -0.39 is 5.97 Å². The zero-order valence-corrected chi connectivity index (χ0v) is 20.4. The fourth-order valence-electron chi connectivity index (χ4n) is 4.81. The highest BCUT2D eigenvalue weighted by molar-refractivity contribution is 6.21. The zero-order valence-electron chi connectivity index (χ0n) is 20.4. The molecule has 0 spiro atoms. The van der Waals surface area contributed by atoms with Crippen LogP contribution in [0.1, 0.15) is 52.7 Å². The normalized spacial score (nSPS) is 14.3. The molecule has 0 bridgehead atoms. The van der Waals surface area contributed by atoms with Gasteiger partial charge in [0.05, 0.1) is 11.1 Å². The number of nitrogens with zero attached hydrogens (tertiary/aromatic N) is 3. The van der Waals surface area contributed by atoms with Gasteiger partial charge in [-0.3, -0.25) is 9.20 Å². The number of hydrogen-bond acceptors (Lipinski definition) is 5. The lowest BCUT2D eigenvalue weighted by molar-refractivity contribution is 0.0698. The van der Waals surface area contributed by atoms with Crippen LogP contribution in [0.15, 0.2) is 53.4 Å². The highest BCUT2D eigenvalue weighted by Crippen LogP contribution is 2.28. The minimum absolute atomic E-state index is 0.0811. The summed E-state index contributed by atoms with van der Waals surface area (Å²) in [4.78, 5) is 32.1. The molecule has 180 valence electrons. The van der Waals surface area contributed by atoms with Crippen molar-refractivity contribution in [2.45, 2.75) is 46.1 Å². The van der Waals surface area contributed by atoms with E-state index >= 15 is 0 Å². The highest BCUT2D eigenvalue weighted by Gasteiger charge is 2.23. The van der Waals surface area contributed by atoms with Gasteiger partial charge < -0.3 is 15.3 Å². The van der Waals surface area contributed by atoms with E-state index in [-0.39, 0.29) is 11.1 Å². The van der Waals surface area contributed by atoms with Gasteiger partial charge in [-0.2, -0.15) is 0 Å². The second-order valence-electron chi connectivity index (χ2n) is 9.43. The third kappa shape index (κ3) is 5.42. The molecule has 1 aliphatic heterocycles. The Morgan fingerprint density at radius 2 is 1.97 bits per heavy atom. The summed E-state index contributed by atoms with van der Waals surface area (Å²) in [6.45, 7) is 9.60. The van der Waals surface area contributed by atoms with Crippen molar-refractivity contribution in [1.29, 1.82) is 0 Å². The molecular formula is C27H31BN4O3. The van der Waals surface area contributed by atoms with Crippen LogP contribution in [0.2, 0.25) is 0 Å². The Kier molecular flexibility index (Phi) is 7.29. The monoisotopic (exact) mass is 470 g/mol. The molecule has 0 amide bonds. The average molecular weight is 470 g/mol. The number of carbonyl (C=O) groups is 1. The molecular weight excluding hydrogens is 439 g/mol. The Morgan fingerprint density at radius 1 is 1.26 bits per heavy atom. The number of benzene rings is 1. The first kappa shape index (κ1) is 24.6. The van der Waals surface area contributed by atoms with Gasteiger partial charge in [-0.25, -0.2) is 9.78 Å². The number of pyridine rings is 1. The van der Waals surface area contributed by atoms with Crippen LogP contribution in [-0.4, -0.2) is 41.4 Å². The Bertz CT molecular complexity index is 1330. The van der Waals surface area contributed by atoms with Gasteiger partial charge in [0.1, 0.15) is 19.3 Å². The van der Waals surface area contributed by atoms with Crippen molar-refractivity contribution in [3.05, 3.63) is 81.2 Å². The van der Waals surface area contributed by atoms with Crippen molar-refractivity contribution in [2.75, 3.05) is 23.3 Å². The predicted molar refractivity (Wildman–Crippen MR) is 141 cm³/mol. The molecule has 2 N–H and O–H groups in total. The molecule has 2 aromatic heterocycles. The van der Waals surface area contributed by atoms with E-state index in [1.807, 2.05) is 26.1 Å². The molecule has 1 aromatic carbocycles. The molecule has 3 aromatic rings. The Labute approximate surface area is 206 Å². The minimum Gasteiger partial charge on any atom is -0.478 e. The number of anilines is 2. The van der Waals surface area contributed by atoms with E-state index in [4.69, 9.17) is 12.8 Å². The number of hydrogen-bond donors (Lipinski definition) is 2. The standard InChI is InChI=1S/C27H31BN4O3/c1-17-14-21(15-29-23-7-5-4-6-22(23)27(34)35)25-30-24(19(3)26(33)32(25)16-17)31-12-10-20(11-13-31)9-8-18(2)28/h4-7,14,16,20,29H,2,8-13,15H2,1,3H3,(H,34,35). The third-order valence-electron chi connectivity index (χ3n) is 6.75. The van der Waals surface area contributed by atoms with Crippen LogP contribution in [0.5, 0.6) is 0 Å². The van der Waals surface area contributed by atoms with Crippen LogP contribution in [0.25, 0.3) is 5.65 Å². The van der Waals surface area contributed by atoms with Gasteiger partial charge in [-0.05, 0) is 69.2 Å². The summed E-state index contributed by atoms with van der Waals surface area (Å²) in [5, 5.41) is 12.7. The summed E-state index contributed by atoms with van der Waals surface area (Å²) in [6, 6.07) is 8.78. The maximum atomic E-state index is 13.3. The van der Waals surface area contributed by atoms with Crippen LogP contribution < -0.4 is 15.8 Å². The van der Waals surface area contributed by atoms with Crippen molar-refractivity contribution < 1.29 is 9.90 Å². The fraction of sp³-hybridized carbons (Fsp3) is 0.370. The number of rotatable bonds is 8. The van der Waals surface area contributed by atoms with Crippen molar-refractivity contribution in [3.8, 4) is 0 Å². The Hall–Kier alpha value is -3.55. The predicted octanol–water partition coefficient (Wildman–Crippen LogP) is 4.30. The van der Waals surface area contributed by atoms with Crippen molar-refractivity contribution in [2.24, 2.45) is 5.92 Å². The molecule has 35 heavy (non-hydrogen) atoms. The number of carboxylic acids is 1. The number of aromatic carboxylic acids is 1. The quantitative estimate of drug-likeness (QED) is 0.478. The van der Waals surface area contributed by atoms with E-state index in [2.05, 4.69) is 16.8 Å². The molecule has 3 heterocycles. The Morgan fingerprint density at radius 3 is 2.66 bits per heavy atom. The molecule has 4 rings (SSSR count). The minimum atomic E-state index is -0.992. The molecule has 7 nitrogen and oxygen atoms in total. The molecule has 0 aliphatic carbocycles. The van der Waals surface area contributed by atoms with E-state index in [0.717, 1.165) is 61.2 Å². The zero-order chi connectivity index (χ0) is 25.1. The van der Waals surface area contributed by atoms with Gasteiger partial charge in [0.15, 0.2) is 0 Å². The summed E-state index contributed by atoms with van der Waals surface area (Å²) in [5.74, 6) is 0.339. The van der Waals surface area contributed by atoms with Gasteiger partial charge >= 0.3 is 5.97 Å². The fourth-order valence-corrected chi connectivity index (χ4v) is 4.81. The molecule has 0 unspecified atom stereocenters. The third-order valence-corrected chi connectivity index (χ3v) is 6.75. The summed E-state index contributed by atoms with van der Waals surface area (Å²) < 4.78 is 1.61. The van der Waals surface area contributed by atoms with E-state index in [0.29, 0.717) is 29.4 Å². The lowest BCUT2D eigenvalue weighted by atomic mass is 9.85. The van der Waals surface area contributed by atoms with E-state index in [9.17, 15) is 14.7 Å². The number of carboxylic acid groups (broad SMARTS) is 1. The van der Waals surface area contributed by atoms with Gasteiger partial charge in [-0.1, -0.05) is 12.1 Å². The summed E-state index contributed by atoms with van der Waals surface area (Å²) >= 11 is 0. The van der Waals surface area contributed by atoms with Crippen molar-refractivity contribution >= 4 is 31.0 Å². The SMILES string of the molecule is [B]C(=C)CCC1CCN(c2nc3c(CNc4ccccc4C(=O)O)cc(C)cn3c(=O)c2C)CC1. The maximum absolute atomic E-state index is 13.3. The Balaban J connectivity index is 1.63. The number of para-hydroxylation sites is 1. The number of aromatic nitrogens is 2. The van der Waals surface area contributed by atoms with Crippen LogP contribution >= 0.6 is 0 Å². The molecule has 2 radical (unpaired) electrons. The first-order valence-corrected chi connectivity index (χ1v) is 12.0. The number of allylic oxidation sites excluding steroid dienone is 1.